The smallest absolute Gasteiger partial charge is 0.264 e. The van der Waals surface area contributed by atoms with Crippen molar-refractivity contribution in [2.75, 3.05) is 5.32 Å². The maximum atomic E-state index is 12.7. The summed E-state index contributed by atoms with van der Waals surface area (Å²) in [6.07, 6.45) is 0. The van der Waals surface area contributed by atoms with Gasteiger partial charge in [0.2, 0.25) is 0 Å². The highest BCUT2D eigenvalue weighted by atomic mass is 16.5. The van der Waals surface area contributed by atoms with Crippen molar-refractivity contribution in [1.29, 1.82) is 0 Å². The van der Waals surface area contributed by atoms with Crippen molar-refractivity contribution >= 4 is 11.6 Å². The zero-order valence-corrected chi connectivity index (χ0v) is 17.0. The lowest BCUT2D eigenvalue weighted by molar-refractivity contribution is 0.102. The first kappa shape index (κ1) is 20.1. The number of hydrogen-bond acceptors (Lipinski definition) is 4. The number of nitrogens with zero attached hydrogens (tertiary/aromatic N) is 1. The van der Waals surface area contributed by atoms with Crippen LogP contribution in [0.1, 0.15) is 21.5 Å². The minimum atomic E-state index is -0.266. The zero-order chi connectivity index (χ0) is 21.6. The van der Waals surface area contributed by atoms with E-state index < -0.39 is 0 Å². The van der Waals surface area contributed by atoms with Crippen molar-refractivity contribution in [3.8, 4) is 17.0 Å². The molecular weight excluding hydrogens is 390 g/mol. The van der Waals surface area contributed by atoms with Gasteiger partial charge in [-0.2, -0.15) is 5.10 Å². The lowest BCUT2D eigenvalue weighted by Crippen LogP contribution is -2.12. The normalized spacial score (nSPS) is 10.5. The first-order chi connectivity index (χ1) is 15.1. The Labute approximate surface area is 179 Å². The molecule has 0 radical (unpaired) electrons. The van der Waals surface area contributed by atoms with Crippen molar-refractivity contribution in [3.63, 3.8) is 0 Å². The highest BCUT2D eigenvalue weighted by molar-refractivity contribution is 6.04. The molecule has 1 aromatic heterocycles. The van der Waals surface area contributed by atoms with Crippen molar-refractivity contribution in [2.24, 2.45) is 0 Å². The van der Waals surface area contributed by atoms with E-state index in [1.54, 1.807) is 36.4 Å². The Morgan fingerprint density at radius 1 is 0.968 bits per heavy atom. The molecule has 1 heterocycles. The fraction of sp³-hybridized carbons (Fsp3) is 0.0800. The lowest BCUT2D eigenvalue weighted by atomic mass is 10.1. The summed E-state index contributed by atoms with van der Waals surface area (Å²) in [4.78, 5) is 24.0. The molecule has 0 saturated carbocycles. The van der Waals surface area contributed by atoms with E-state index in [2.05, 4.69) is 21.6 Å². The van der Waals surface area contributed by atoms with E-state index in [-0.39, 0.29) is 11.5 Å². The third kappa shape index (κ3) is 5.25. The van der Waals surface area contributed by atoms with Crippen molar-refractivity contribution < 1.29 is 9.53 Å². The summed E-state index contributed by atoms with van der Waals surface area (Å²) in [6.45, 7) is 2.47. The summed E-state index contributed by atoms with van der Waals surface area (Å²) in [7, 11) is 0. The van der Waals surface area contributed by atoms with Gasteiger partial charge in [-0.15, -0.1) is 0 Å². The highest BCUT2D eigenvalue weighted by Gasteiger charge is 2.09. The molecule has 4 rings (SSSR count). The van der Waals surface area contributed by atoms with Crippen LogP contribution < -0.4 is 15.6 Å². The number of hydrogen-bond donors (Lipinski definition) is 2. The number of anilines is 1. The number of carbonyl (C=O) groups is 1. The van der Waals surface area contributed by atoms with Crippen LogP contribution in [-0.4, -0.2) is 16.1 Å². The monoisotopic (exact) mass is 411 g/mol. The Morgan fingerprint density at radius 2 is 1.81 bits per heavy atom. The van der Waals surface area contributed by atoms with Gasteiger partial charge >= 0.3 is 0 Å². The lowest BCUT2D eigenvalue weighted by Gasteiger charge is -2.10. The largest absolute Gasteiger partial charge is 0.489 e. The number of aromatic nitrogens is 2. The van der Waals surface area contributed by atoms with Crippen molar-refractivity contribution in [1.82, 2.24) is 10.2 Å². The predicted octanol–water partition coefficient (Wildman–Crippen LogP) is 4.58. The summed E-state index contributed by atoms with van der Waals surface area (Å²) in [6, 6.07) is 25.5. The topological polar surface area (TPSA) is 84.1 Å². The number of amides is 1. The third-order valence-corrected chi connectivity index (χ3v) is 4.68. The van der Waals surface area contributed by atoms with E-state index in [9.17, 15) is 9.59 Å². The summed E-state index contributed by atoms with van der Waals surface area (Å²) in [5.41, 5.74) is 4.50. The van der Waals surface area contributed by atoms with Crippen LogP contribution in [0.5, 0.6) is 5.75 Å². The van der Waals surface area contributed by atoms with Gasteiger partial charge in [0.05, 0.1) is 5.69 Å². The Bertz CT molecular complexity index is 1260. The Hall–Kier alpha value is -4.19. The van der Waals surface area contributed by atoms with E-state index in [1.165, 1.54) is 11.6 Å². The number of rotatable bonds is 6. The predicted molar refractivity (Wildman–Crippen MR) is 120 cm³/mol. The summed E-state index contributed by atoms with van der Waals surface area (Å²) in [5.74, 6) is 0.382. The number of aromatic amines is 1. The minimum Gasteiger partial charge on any atom is -0.489 e. The van der Waals surface area contributed by atoms with Crippen LogP contribution >= 0.6 is 0 Å². The molecule has 0 fully saturated rings. The fourth-order valence-electron chi connectivity index (χ4n) is 3.16. The van der Waals surface area contributed by atoms with Gasteiger partial charge in [0, 0.05) is 22.9 Å². The first-order valence-electron chi connectivity index (χ1n) is 9.83. The number of nitrogens with one attached hydrogen (secondary N) is 2. The molecule has 154 valence electrons. The Kier molecular flexibility index (Phi) is 5.89. The second-order valence-corrected chi connectivity index (χ2v) is 7.15. The van der Waals surface area contributed by atoms with Gasteiger partial charge in [0.1, 0.15) is 12.4 Å². The molecule has 4 aromatic rings. The van der Waals surface area contributed by atoms with Gasteiger partial charge in [-0.05, 0) is 48.9 Å². The molecule has 0 saturated heterocycles. The highest BCUT2D eigenvalue weighted by Crippen LogP contribution is 2.21. The van der Waals surface area contributed by atoms with Crippen LogP contribution in [0.4, 0.5) is 5.69 Å². The maximum Gasteiger partial charge on any atom is 0.264 e. The zero-order valence-electron chi connectivity index (χ0n) is 17.0. The number of carbonyl (C=O) groups excluding carboxylic acids is 1. The molecule has 3 aromatic carbocycles. The summed E-state index contributed by atoms with van der Waals surface area (Å²) in [5, 5.41) is 9.33. The molecular formula is C25H21N3O3. The molecule has 0 aliphatic carbocycles. The maximum absolute atomic E-state index is 12.7. The number of ether oxygens (including phenoxy) is 1. The van der Waals surface area contributed by atoms with Crippen LogP contribution in [0.25, 0.3) is 11.3 Å². The van der Waals surface area contributed by atoms with Gasteiger partial charge in [0.25, 0.3) is 11.5 Å². The van der Waals surface area contributed by atoms with Crippen molar-refractivity contribution in [3.05, 3.63) is 112 Å². The van der Waals surface area contributed by atoms with E-state index in [4.69, 9.17) is 4.74 Å². The summed E-state index contributed by atoms with van der Waals surface area (Å²) < 4.78 is 5.86. The Morgan fingerprint density at radius 3 is 2.61 bits per heavy atom. The quantitative estimate of drug-likeness (QED) is 0.487. The molecule has 1 amide bonds. The minimum absolute atomic E-state index is 0.243. The molecule has 2 N–H and O–H groups in total. The standard InChI is InChI=1S/C25H21N3O3/c1-17-5-2-6-18(13-17)16-31-22-10-4-8-20(15-22)25(30)26-21-9-3-7-19(14-21)23-11-12-24(29)28-27-23/h2-15H,16H2,1H3,(H,26,30)(H,28,29). The van der Waals surface area contributed by atoms with Crippen molar-refractivity contribution in [2.45, 2.75) is 13.5 Å². The molecule has 0 atom stereocenters. The summed E-state index contributed by atoms with van der Waals surface area (Å²) >= 11 is 0. The average molecular weight is 411 g/mol. The van der Waals surface area contributed by atoms with Gasteiger partial charge in [-0.3, -0.25) is 9.59 Å². The van der Waals surface area contributed by atoms with Crippen LogP contribution in [0.2, 0.25) is 0 Å². The van der Waals surface area contributed by atoms with E-state index in [1.807, 2.05) is 43.3 Å². The van der Waals surface area contributed by atoms with Crippen LogP contribution in [-0.2, 0) is 6.61 Å². The number of H-pyrrole nitrogens is 1. The van der Waals surface area contributed by atoms with Gasteiger partial charge in [-0.1, -0.05) is 48.0 Å². The average Bonchev–Trinajstić information content (AvgIpc) is 2.79. The molecule has 6 nitrogen and oxygen atoms in total. The van der Waals surface area contributed by atoms with Crippen LogP contribution in [0.3, 0.4) is 0 Å². The number of aryl methyl sites for hydroxylation is 1. The molecule has 0 spiro atoms. The van der Waals surface area contributed by atoms with E-state index >= 15 is 0 Å². The molecule has 0 aliphatic heterocycles. The van der Waals surface area contributed by atoms with Crippen LogP contribution in [0.15, 0.2) is 89.7 Å². The third-order valence-electron chi connectivity index (χ3n) is 4.68. The second-order valence-electron chi connectivity index (χ2n) is 7.15. The fourth-order valence-corrected chi connectivity index (χ4v) is 3.16. The van der Waals surface area contributed by atoms with E-state index in [0.29, 0.717) is 29.3 Å². The molecule has 0 bridgehead atoms. The molecule has 0 unspecified atom stereocenters. The second kappa shape index (κ2) is 9.09. The SMILES string of the molecule is Cc1cccc(COc2cccc(C(=O)Nc3cccc(-c4ccc(=O)[nH]n4)c3)c2)c1. The number of benzene rings is 3. The molecule has 0 aliphatic rings. The molecule has 31 heavy (non-hydrogen) atoms. The Balaban J connectivity index is 1.45. The molecule has 6 heteroatoms. The van der Waals surface area contributed by atoms with Gasteiger partial charge in [0.15, 0.2) is 0 Å². The van der Waals surface area contributed by atoms with Gasteiger partial charge in [-0.25, -0.2) is 5.10 Å². The van der Waals surface area contributed by atoms with Gasteiger partial charge < -0.3 is 10.1 Å². The first-order valence-corrected chi connectivity index (χ1v) is 9.83. The van der Waals surface area contributed by atoms with E-state index in [0.717, 1.165) is 11.1 Å². The van der Waals surface area contributed by atoms with Crippen LogP contribution in [0, 0.1) is 6.92 Å².